The van der Waals surface area contributed by atoms with Crippen LogP contribution in [0.15, 0.2) is 53.9 Å². The first-order chi connectivity index (χ1) is 15.9. The number of esters is 1. The van der Waals surface area contributed by atoms with Crippen molar-refractivity contribution in [1.29, 1.82) is 0 Å². The molecule has 0 aliphatic heterocycles. The minimum Gasteiger partial charge on any atom is -0.493 e. The molecule has 0 aliphatic rings. The second kappa shape index (κ2) is 11.1. The van der Waals surface area contributed by atoms with E-state index < -0.39 is 18.5 Å². The highest BCUT2D eigenvalue weighted by atomic mass is 32.1. The topological polar surface area (TPSA) is 103 Å². The van der Waals surface area contributed by atoms with Crippen LogP contribution < -0.4 is 20.1 Å². The second-order valence-corrected chi connectivity index (χ2v) is 7.81. The molecule has 0 fully saturated rings. The van der Waals surface area contributed by atoms with Gasteiger partial charge in [-0.2, -0.15) is 0 Å². The standard InChI is InChI=1S/C24H24N2O6S/c1-4-15-7-5-8-16(11-15)25-22(27)14-32-24(29)17-12-19(30-2)20(31-3)13-18(17)26-23(28)21-9-6-10-33-21/h5-13H,4,14H2,1-3H3,(H,25,27)(H,26,28). The smallest absolute Gasteiger partial charge is 0.340 e. The largest absolute Gasteiger partial charge is 0.493 e. The monoisotopic (exact) mass is 468 g/mol. The molecule has 2 N–H and O–H groups in total. The molecule has 3 rings (SSSR count). The lowest BCUT2D eigenvalue weighted by molar-refractivity contribution is -0.119. The summed E-state index contributed by atoms with van der Waals surface area (Å²) >= 11 is 1.26. The lowest BCUT2D eigenvalue weighted by Crippen LogP contribution is -2.22. The van der Waals surface area contributed by atoms with Gasteiger partial charge in [-0.05, 0) is 35.6 Å². The van der Waals surface area contributed by atoms with Crippen LogP contribution in [0.3, 0.4) is 0 Å². The van der Waals surface area contributed by atoms with Crippen LogP contribution in [-0.4, -0.2) is 38.6 Å². The van der Waals surface area contributed by atoms with Crippen molar-refractivity contribution in [2.24, 2.45) is 0 Å². The molecule has 172 valence electrons. The molecule has 8 nitrogen and oxygen atoms in total. The summed E-state index contributed by atoms with van der Waals surface area (Å²) in [5.41, 5.74) is 1.89. The number of benzene rings is 2. The molecule has 2 amide bonds. The molecule has 0 unspecified atom stereocenters. The van der Waals surface area contributed by atoms with E-state index in [-0.39, 0.29) is 22.9 Å². The molecule has 0 saturated heterocycles. The number of thiophene rings is 1. The van der Waals surface area contributed by atoms with Gasteiger partial charge < -0.3 is 24.8 Å². The lowest BCUT2D eigenvalue weighted by atomic mass is 10.1. The highest BCUT2D eigenvalue weighted by Crippen LogP contribution is 2.34. The summed E-state index contributed by atoms with van der Waals surface area (Å²) in [5, 5.41) is 7.17. The molecule has 0 bridgehead atoms. The highest BCUT2D eigenvalue weighted by molar-refractivity contribution is 7.12. The van der Waals surface area contributed by atoms with Gasteiger partial charge in [0.1, 0.15) is 0 Å². The summed E-state index contributed by atoms with van der Waals surface area (Å²) in [6.07, 6.45) is 0.831. The maximum absolute atomic E-state index is 12.8. The maximum Gasteiger partial charge on any atom is 0.340 e. The number of carbonyl (C=O) groups is 3. The molecular weight excluding hydrogens is 444 g/mol. The van der Waals surface area contributed by atoms with Gasteiger partial charge in [-0.15, -0.1) is 11.3 Å². The number of nitrogens with one attached hydrogen (secondary N) is 2. The lowest BCUT2D eigenvalue weighted by Gasteiger charge is -2.15. The zero-order valence-electron chi connectivity index (χ0n) is 18.5. The Morgan fingerprint density at radius 1 is 0.939 bits per heavy atom. The number of hydrogen-bond acceptors (Lipinski definition) is 7. The van der Waals surface area contributed by atoms with Crippen molar-refractivity contribution in [1.82, 2.24) is 0 Å². The fourth-order valence-electron chi connectivity index (χ4n) is 3.02. The molecule has 3 aromatic rings. The van der Waals surface area contributed by atoms with Crippen molar-refractivity contribution in [3.8, 4) is 11.5 Å². The second-order valence-electron chi connectivity index (χ2n) is 6.86. The Balaban J connectivity index is 1.75. The van der Waals surface area contributed by atoms with Crippen LogP contribution in [0.4, 0.5) is 11.4 Å². The van der Waals surface area contributed by atoms with Crippen LogP contribution in [0, 0.1) is 0 Å². The van der Waals surface area contributed by atoms with Crippen LogP contribution >= 0.6 is 11.3 Å². The van der Waals surface area contributed by atoms with E-state index in [9.17, 15) is 14.4 Å². The van der Waals surface area contributed by atoms with Crippen molar-refractivity contribution >= 4 is 40.5 Å². The third kappa shape index (κ3) is 6.11. The van der Waals surface area contributed by atoms with Crippen molar-refractivity contribution in [3.63, 3.8) is 0 Å². The zero-order chi connectivity index (χ0) is 23.8. The minimum atomic E-state index is -0.796. The predicted octanol–water partition coefficient (Wildman–Crippen LogP) is 4.38. The van der Waals surface area contributed by atoms with Crippen LogP contribution in [0.1, 0.15) is 32.5 Å². The maximum atomic E-state index is 12.8. The molecule has 0 radical (unpaired) electrons. The molecule has 0 aliphatic carbocycles. The molecule has 0 atom stereocenters. The first-order valence-electron chi connectivity index (χ1n) is 10.1. The number of aryl methyl sites for hydroxylation is 1. The van der Waals surface area contributed by atoms with E-state index in [4.69, 9.17) is 14.2 Å². The molecular formula is C24H24N2O6S. The Hall–Kier alpha value is -3.85. The Labute approximate surface area is 195 Å². The molecule has 0 spiro atoms. The van der Waals surface area contributed by atoms with E-state index in [2.05, 4.69) is 10.6 Å². The van der Waals surface area contributed by atoms with Crippen molar-refractivity contribution in [2.75, 3.05) is 31.5 Å². The average molecular weight is 469 g/mol. The van der Waals surface area contributed by atoms with Gasteiger partial charge in [0.25, 0.3) is 11.8 Å². The normalized spacial score (nSPS) is 10.3. The van der Waals surface area contributed by atoms with Gasteiger partial charge in [-0.25, -0.2) is 4.79 Å². The first-order valence-corrected chi connectivity index (χ1v) is 11.0. The number of carbonyl (C=O) groups excluding carboxylic acids is 3. The molecule has 9 heteroatoms. The van der Waals surface area contributed by atoms with Crippen LogP contribution in [0.25, 0.3) is 0 Å². The van der Waals surface area contributed by atoms with E-state index in [0.717, 1.165) is 12.0 Å². The fourth-order valence-corrected chi connectivity index (χ4v) is 3.64. The van der Waals surface area contributed by atoms with Crippen molar-refractivity contribution in [3.05, 3.63) is 69.9 Å². The zero-order valence-corrected chi connectivity index (χ0v) is 19.3. The number of rotatable bonds is 9. The number of amides is 2. The van der Waals surface area contributed by atoms with Gasteiger partial charge in [-0.1, -0.05) is 25.1 Å². The molecule has 1 heterocycles. The number of hydrogen-bond donors (Lipinski definition) is 2. The van der Waals surface area contributed by atoms with E-state index in [0.29, 0.717) is 16.3 Å². The molecule has 1 aromatic heterocycles. The van der Waals surface area contributed by atoms with Crippen molar-refractivity contribution in [2.45, 2.75) is 13.3 Å². The summed E-state index contributed by atoms with van der Waals surface area (Å²) in [6, 6.07) is 13.7. The van der Waals surface area contributed by atoms with Gasteiger partial charge in [0.2, 0.25) is 0 Å². The summed E-state index contributed by atoms with van der Waals surface area (Å²) in [7, 11) is 2.87. The first kappa shape index (κ1) is 23.8. The Morgan fingerprint density at radius 3 is 2.36 bits per heavy atom. The molecule has 2 aromatic carbocycles. The molecule has 0 saturated carbocycles. The summed E-state index contributed by atoms with van der Waals surface area (Å²) in [6.45, 7) is 1.52. The summed E-state index contributed by atoms with van der Waals surface area (Å²) in [5.74, 6) is -1.07. The number of anilines is 2. The predicted molar refractivity (Wildman–Crippen MR) is 127 cm³/mol. The Kier molecular flexibility index (Phi) is 8.04. The van der Waals surface area contributed by atoms with Crippen LogP contribution in [0.2, 0.25) is 0 Å². The average Bonchev–Trinajstić information content (AvgIpc) is 3.37. The summed E-state index contributed by atoms with van der Waals surface area (Å²) < 4.78 is 15.7. The van der Waals surface area contributed by atoms with E-state index in [1.807, 2.05) is 25.1 Å². The quantitative estimate of drug-likeness (QED) is 0.452. The van der Waals surface area contributed by atoms with Crippen LogP contribution in [-0.2, 0) is 16.0 Å². The Bertz CT molecular complexity index is 1140. The van der Waals surface area contributed by atoms with E-state index in [1.54, 1.807) is 23.6 Å². The third-order valence-electron chi connectivity index (χ3n) is 4.69. The van der Waals surface area contributed by atoms with Crippen molar-refractivity contribution < 1.29 is 28.6 Å². The van der Waals surface area contributed by atoms with Gasteiger partial charge in [-0.3, -0.25) is 9.59 Å². The highest BCUT2D eigenvalue weighted by Gasteiger charge is 2.21. The Morgan fingerprint density at radius 2 is 1.70 bits per heavy atom. The molecule has 33 heavy (non-hydrogen) atoms. The van der Waals surface area contributed by atoms with Gasteiger partial charge in [0.05, 0.1) is 30.3 Å². The van der Waals surface area contributed by atoms with Gasteiger partial charge >= 0.3 is 5.97 Å². The van der Waals surface area contributed by atoms with Crippen LogP contribution in [0.5, 0.6) is 11.5 Å². The number of ether oxygens (including phenoxy) is 3. The minimum absolute atomic E-state index is 0.0262. The van der Waals surface area contributed by atoms with E-state index in [1.165, 1.54) is 37.7 Å². The number of methoxy groups -OCH3 is 2. The van der Waals surface area contributed by atoms with E-state index >= 15 is 0 Å². The summed E-state index contributed by atoms with van der Waals surface area (Å²) in [4.78, 5) is 38.1. The fraction of sp³-hybridized carbons (Fsp3) is 0.208. The van der Waals surface area contributed by atoms with Gasteiger partial charge in [0.15, 0.2) is 18.1 Å². The third-order valence-corrected chi connectivity index (χ3v) is 5.56. The SMILES string of the molecule is CCc1cccc(NC(=O)COC(=O)c2cc(OC)c(OC)cc2NC(=O)c2cccs2)c1. The van der Waals surface area contributed by atoms with Gasteiger partial charge in [0, 0.05) is 17.8 Å².